The number of aryl methyl sites for hydroxylation is 2. The van der Waals surface area contributed by atoms with Crippen molar-refractivity contribution in [2.24, 2.45) is 0 Å². The lowest BCUT2D eigenvalue weighted by Gasteiger charge is -2.05. The van der Waals surface area contributed by atoms with Crippen molar-refractivity contribution in [1.82, 2.24) is 4.98 Å². The van der Waals surface area contributed by atoms with Gasteiger partial charge in [0, 0.05) is 5.69 Å². The maximum Gasteiger partial charge on any atom is 0.301 e. The summed E-state index contributed by atoms with van der Waals surface area (Å²) in [5.74, 6) is 0. The van der Waals surface area contributed by atoms with E-state index in [1.165, 1.54) is 17.8 Å². The fourth-order valence-electron chi connectivity index (χ4n) is 1.72. The number of nitro benzene ring substituents is 1. The largest absolute Gasteiger partial charge is 0.301 e. The predicted molar refractivity (Wildman–Crippen MR) is 75.9 cm³/mol. The summed E-state index contributed by atoms with van der Waals surface area (Å²) in [4.78, 5) is 15.4. The fourth-order valence-corrected chi connectivity index (χ4v) is 3.11. The molecule has 6 heteroatoms. The van der Waals surface area contributed by atoms with Crippen LogP contribution in [0.3, 0.4) is 0 Å². The molecule has 2 aromatic rings. The molecule has 0 amide bonds. The van der Waals surface area contributed by atoms with Gasteiger partial charge in [-0.2, -0.15) is 0 Å². The second-order valence-electron chi connectivity index (χ2n) is 4.07. The number of rotatable bonds is 3. The Morgan fingerprint density at radius 3 is 2.68 bits per heavy atom. The molecule has 0 saturated heterocycles. The molecular formula is C13H11ClN2O2S. The number of nitrogens with zero attached hydrogens (tertiary/aromatic N) is 2. The van der Waals surface area contributed by atoms with E-state index in [0.29, 0.717) is 4.90 Å². The Kier molecular flexibility index (Phi) is 4.07. The monoisotopic (exact) mass is 294 g/mol. The average molecular weight is 295 g/mol. The Morgan fingerprint density at radius 2 is 2.05 bits per heavy atom. The van der Waals surface area contributed by atoms with Gasteiger partial charge in [-0.05, 0) is 43.7 Å². The Labute approximate surface area is 120 Å². The SMILES string of the molecule is Cc1cc(C)nc(Sc2cccc(Cl)c2[N+](=O)[O-])c1. The number of hydrogen-bond donors (Lipinski definition) is 0. The number of aromatic nitrogens is 1. The first-order valence-corrected chi connectivity index (χ1v) is 6.73. The Bertz CT molecular complexity index is 626. The first-order valence-electron chi connectivity index (χ1n) is 5.53. The summed E-state index contributed by atoms with van der Waals surface area (Å²) in [5, 5.41) is 11.9. The summed E-state index contributed by atoms with van der Waals surface area (Å²) in [6, 6.07) is 8.73. The van der Waals surface area contributed by atoms with E-state index in [2.05, 4.69) is 4.98 Å². The average Bonchev–Trinajstić information content (AvgIpc) is 2.26. The van der Waals surface area contributed by atoms with Gasteiger partial charge < -0.3 is 0 Å². The van der Waals surface area contributed by atoms with E-state index < -0.39 is 4.92 Å². The van der Waals surface area contributed by atoms with E-state index in [0.717, 1.165) is 16.3 Å². The van der Waals surface area contributed by atoms with Crippen molar-refractivity contribution in [2.75, 3.05) is 0 Å². The molecule has 0 aliphatic carbocycles. The molecule has 2 rings (SSSR count). The van der Waals surface area contributed by atoms with Gasteiger partial charge in [0.2, 0.25) is 0 Å². The summed E-state index contributed by atoms with van der Waals surface area (Å²) in [5.41, 5.74) is 1.88. The zero-order valence-corrected chi connectivity index (χ0v) is 12.0. The third kappa shape index (κ3) is 3.24. The normalized spacial score (nSPS) is 10.5. The first-order chi connectivity index (χ1) is 8.97. The van der Waals surface area contributed by atoms with Gasteiger partial charge in [0.25, 0.3) is 0 Å². The summed E-state index contributed by atoms with van der Waals surface area (Å²) in [6.07, 6.45) is 0. The van der Waals surface area contributed by atoms with Crippen LogP contribution in [-0.2, 0) is 0 Å². The van der Waals surface area contributed by atoms with Crippen molar-refractivity contribution in [2.45, 2.75) is 23.8 Å². The molecule has 4 nitrogen and oxygen atoms in total. The van der Waals surface area contributed by atoms with Crippen molar-refractivity contribution >= 4 is 29.1 Å². The van der Waals surface area contributed by atoms with Gasteiger partial charge in [-0.1, -0.05) is 29.4 Å². The van der Waals surface area contributed by atoms with Crippen molar-refractivity contribution < 1.29 is 4.92 Å². The van der Waals surface area contributed by atoms with Gasteiger partial charge in [0.1, 0.15) is 10.0 Å². The van der Waals surface area contributed by atoms with Crippen molar-refractivity contribution in [1.29, 1.82) is 0 Å². The van der Waals surface area contributed by atoms with Gasteiger partial charge in [-0.25, -0.2) is 4.98 Å². The number of hydrogen-bond acceptors (Lipinski definition) is 4. The van der Waals surface area contributed by atoms with E-state index in [1.54, 1.807) is 12.1 Å². The van der Waals surface area contributed by atoms with Crippen LogP contribution in [0.15, 0.2) is 40.3 Å². The van der Waals surface area contributed by atoms with Crippen molar-refractivity contribution in [3.63, 3.8) is 0 Å². The Hall–Kier alpha value is -1.59. The molecule has 0 unspecified atom stereocenters. The number of halogens is 1. The van der Waals surface area contributed by atoms with E-state index in [-0.39, 0.29) is 10.7 Å². The Balaban J connectivity index is 2.43. The molecule has 0 fully saturated rings. The smallest absolute Gasteiger partial charge is 0.258 e. The van der Waals surface area contributed by atoms with Crippen LogP contribution in [0.1, 0.15) is 11.3 Å². The molecule has 0 spiro atoms. The molecule has 0 bridgehead atoms. The minimum atomic E-state index is -0.465. The van der Waals surface area contributed by atoms with Crippen LogP contribution >= 0.6 is 23.4 Å². The standard InChI is InChI=1S/C13H11ClN2O2S/c1-8-6-9(2)15-12(7-8)19-11-5-3-4-10(14)13(11)16(17)18/h3-7H,1-2H3. The molecule has 0 radical (unpaired) electrons. The molecule has 0 aliphatic rings. The van der Waals surface area contributed by atoms with E-state index in [1.807, 2.05) is 26.0 Å². The highest BCUT2D eigenvalue weighted by Crippen LogP contribution is 2.38. The lowest BCUT2D eigenvalue weighted by molar-refractivity contribution is -0.387. The minimum absolute atomic E-state index is 0.0740. The highest BCUT2D eigenvalue weighted by atomic mass is 35.5. The lowest BCUT2D eigenvalue weighted by Crippen LogP contribution is -1.93. The molecule has 19 heavy (non-hydrogen) atoms. The molecule has 0 atom stereocenters. The van der Waals surface area contributed by atoms with E-state index in [9.17, 15) is 10.1 Å². The maximum atomic E-state index is 11.1. The number of para-hydroxylation sites is 1. The van der Waals surface area contributed by atoms with Gasteiger partial charge in [-0.3, -0.25) is 10.1 Å². The molecule has 0 aliphatic heterocycles. The van der Waals surface area contributed by atoms with Crippen LogP contribution in [0.25, 0.3) is 0 Å². The molecule has 1 aromatic carbocycles. The zero-order valence-electron chi connectivity index (χ0n) is 10.4. The van der Waals surface area contributed by atoms with E-state index >= 15 is 0 Å². The summed E-state index contributed by atoms with van der Waals surface area (Å²) in [7, 11) is 0. The second kappa shape index (κ2) is 5.59. The first kappa shape index (κ1) is 13.8. The lowest BCUT2D eigenvalue weighted by atomic mass is 10.3. The van der Waals surface area contributed by atoms with Crippen LogP contribution < -0.4 is 0 Å². The third-order valence-electron chi connectivity index (χ3n) is 2.42. The van der Waals surface area contributed by atoms with Crippen LogP contribution in [0, 0.1) is 24.0 Å². The summed E-state index contributed by atoms with van der Waals surface area (Å²) >= 11 is 7.13. The quantitative estimate of drug-likeness (QED) is 0.621. The van der Waals surface area contributed by atoms with Crippen molar-refractivity contribution in [3.05, 3.63) is 56.7 Å². The van der Waals surface area contributed by atoms with E-state index in [4.69, 9.17) is 11.6 Å². The van der Waals surface area contributed by atoms with Gasteiger partial charge in [-0.15, -0.1) is 0 Å². The highest BCUT2D eigenvalue weighted by molar-refractivity contribution is 7.99. The molecule has 0 N–H and O–H groups in total. The molecular weight excluding hydrogens is 284 g/mol. The highest BCUT2D eigenvalue weighted by Gasteiger charge is 2.19. The maximum absolute atomic E-state index is 11.1. The van der Waals surface area contributed by atoms with Gasteiger partial charge >= 0.3 is 5.69 Å². The zero-order chi connectivity index (χ0) is 14.0. The topological polar surface area (TPSA) is 56.0 Å². The van der Waals surface area contributed by atoms with Crippen LogP contribution in [0.5, 0.6) is 0 Å². The predicted octanol–water partition coefficient (Wildman–Crippen LogP) is 4.41. The van der Waals surface area contributed by atoms with Crippen LogP contribution in [0.4, 0.5) is 5.69 Å². The summed E-state index contributed by atoms with van der Waals surface area (Å²) in [6.45, 7) is 3.86. The van der Waals surface area contributed by atoms with Crippen LogP contribution in [0.2, 0.25) is 5.02 Å². The van der Waals surface area contributed by atoms with Gasteiger partial charge in [0.05, 0.1) is 9.82 Å². The Morgan fingerprint density at radius 1 is 1.32 bits per heavy atom. The van der Waals surface area contributed by atoms with Crippen molar-refractivity contribution in [3.8, 4) is 0 Å². The van der Waals surface area contributed by atoms with Crippen LogP contribution in [-0.4, -0.2) is 9.91 Å². The number of pyridine rings is 1. The fraction of sp³-hybridized carbons (Fsp3) is 0.154. The number of benzene rings is 1. The third-order valence-corrected chi connectivity index (χ3v) is 3.69. The summed E-state index contributed by atoms with van der Waals surface area (Å²) < 4.78 is 0. The minimum Gasteiger partial charge on any atom is -0.258 e. The molecule has 98 valence electrons. The molecule has 1 heterocycles. The second-order valence-corrected chi connectivity index (χ2v) is 5.54. The molecule has 1 aromatic heterocycles. The van der Waals surface area contributed by atoms with Gasteiger partial charge in [0.15, 0.2) is 0 Å². The number of nitro groups is 1. The molecule has 0 saturated carbocycles.